The van der Waals surface area contributed by atoms with Crippen LogP contribution in [0.1, 0.15) is 120 Å². The molecule has 1 saturated heterocycles. The molecule has 12 atom stereocenters. The zero-order valence-corrected chi connectivity index (χ0v) is 29.7. The molecule has 2 bridgehead atoms. The normalized spacial score (nSPS) is 45.4. The molecule has 0 radical (unpaired) electrons. The molecule has 7 heteroatoms. The predicted octanol–water partition coefficient (Wildman–Crippen LogP) is 7.41. The first-order chi connectivity index (χ1) is 21.0. The number of fused-ring (bicyclic) bond motifs is 3. The molecule has 3 N–H and O–H groups in total. The van der Waals surface area contributed by atoms with Crippen LogP contribution in [0.2, 0.25) is 0 Å². The summed E-state index contributed by atoms with van der Waals surface area (Å²) in [7, 11) is 0. The molecule has 4 fully saturated rings. The first-order valence-electron chi connectivity index (χ1n) is 18.1. The maximum Gasteiger partial charge on any atom is 0.307 e. The maximum atomic E-state index is 13.3. The Balaban J connectivity index is 1.54. The standard InChI is InChI=1S/C38H63NO6/c1-10-11-12-26(39)20-44-32-29(45-25(5)40)19-38-22-43-21-35(32,7)30(38)14-13-27-28(38)15-16-37(9)31(33(41)42)34(6,24(4)23(2)3)17-18-36(27,37)8/h15,23-24,26-27,29-32H,10-14,16-22,39H2,1-9H3,(H,41,42)/t24-,26?,27+,29-,30+,31-,32+,34-,35-,36-,37+,38+/m1/s1. The Morgan fingerprint density at radius 1 is 1.09 bits per heavy atom. The highest BCUT2D eigenvalue weighted by molar-refractivity contribution is 5.73. The van der Waals surface area contributed by atoms with Gasteiger partial charge in [-0.3, -0.25) is 9.59 Å². The SMILES string of the molecule is CCCCC(N)CO[C@H]1[C@H](OC(C)=O)C[C@@]23COC[C@]1(C)[C@@H]2CC[C@H]1C3=CC[C@@]2(C)[C@H](C(=O)O)[C@@](C)([C@H](C)C(C)C)CC[C@]12C. The van der Waals surface area contributed by atoms with Gasteiger partial charge in [-0.05, 0) is 84.9 Å². The summed E-state index contributed by atoms with van der Waals surface area (Å²) in [6.07, 6.45) is 10.3. The molecule has 0 amide bonds. The van der Waals surface area contributed by atoms with Gasteiger partial charge < -0.3 is 25.1 Å². The van der Waals surface area contributed by atoms with E-state index >= 15 is 0 Å². The van der Waals surface area contributed by atoms with Gasteiger partial charge in [0.25, 0.3) is 0 Å². The van der Waals surface area contributed by atoms with Crippen LogP contribution in [-0.4, -0.2) is 55.1 Å². The summed E-state index contributed by atoms with van der Waals surface area (Å²) >= 11 is 0. The molecule has 5 aliphatic rings. The van der Waals surface area contributed by atoms with E-state index in [1.165, 1.54) is 12.5 Å². The van der Waals surface area contributed by atoms with Crippen molar-refractivity contribution in [3.63, 3.8) is 0 Å². The molecule has 1 heterocycles. The predicted molar refractivity (Wildman–Crippen MR) is 176 cm³/mol. The topological polar surface area (TPSA) is 108 Å². The molecule has 3 saturated carbocycles. The summed E-state index contributed by atoms with van der Waals surface area (Å²) in [4.78, 5) is 25.9. The minimum atomic E-state index is -0.638. The number of hydrogen-bond acceptors (Lipinski definition) is 6. The number of rotatable bonds is 10. The Morgan fingerprint density at radius 2 is 1.80 bits per heavy atom. The number of nitrogens with two attached hydrogens (primary N) is 1. The zero-order valence-electron chi connectivity index (χ0n) is 29.7. The molecule has 7 nitrogen and oxygen atoms in total. The van der Waals surface area contributed by atoms with Crippen LogP contribution in [0.5, 0.6) is 0 Å². The van der Waals surface area contributed by atoms with Crippen molar-refractivity contribution in [2.75, 3.05) is 19.8 Å². The van der Waals surface area contributed by atoms with E-state index in [4.69, 9.17) is 19.9 Å². The van der Waals surface area contributed by atoms with Crippen LogP contribution in [0.3, 0.4) is 0 Å². The Bertz CT molecular complexity index is 1170. The molecular weight excluding hydrogens is 566 g/mol. The van der Waals surface area contributed by atoms with Crippen molar-refractivity contribution in [1.29, 1.82) is 0 Å². The molecular formula is C38H63NO6. The van der Waals surface area contributed by atoms with Crippen LogP contribution < -0.4 is 5.73 Å². The quantitative estimate of drug-likeness (QED) is 0.191. The number of carbonyl (C=O) groups excluding carboxylic acids is 1. The minimum absolute atomic E-state index is 0.0466. The lowest BCUT2D eigenvalue weighted by Gasteiger charge is -2.71. The molecule has 0 aromatic rings. The van der Waals surface area contributed by atoms with E-state index < -0.39 is 11.9 Å². The molecule has 1 unspecified atom stereocenters. The van der Waals surface area contributed by atoms with E-state index in [1.54, 1.807) is 0 Å². The fourth-order valence-corrected chi connectivity index (χ4v) is 12.0. The van der Waals surface area contributed by atoms with Gasteiger partial charge in [-0.15, -0.1) is 0 Å². The van der Waals surface area contributed by atoms with Gasteiger partial charge in [0, 0.05) is 23.8 Å². The van der Waals surface area contributed by atoms with Crippen LogP contribution in [0.15, 0.2) is 11.6 Å². The van der Waals surface area contributed by atoms with Crippen molar-refractivity contribution >= 4 is 11.9 Å². The number of carboxylic acid groups (broad SMARTS) is 1. The van der Waals surface area contributed by atoms with E-state index in [-0.39, 0.29) is 57.2 Å². The van der Waals surface area contributed by atoms with Crippen LogP contribution in [0, 0.1) is 56.7 Å². The summed E-state index contributed by atoms with van der Waals surface area (Å²) < 4.78 is 19.4. The molecule has 0 aromatic carbocycles. The van der Waals surface area contributed by atoms with Gasteiger partial charge in [-0.25, -0.2) is 0 Å². The first kappa shape index (κ1) is 34.9. The van der Waals surface area contributed by atoms with Crippen LogP contribution in [0.25, 0.3) is 0 Å². The van der Waals surface area contributed by atoms with Gasteiger partial charge in [0.05, 0.1) is 25.7 Å². The minimum Gasteiger partial charge on any atom is -0.481 e. The first-order valence-corrected chi connectivity index (χ1v) is 18.1. The summed E-state index contributed by atoms with van der Waals surface area (Å²) in [5.41, 5.74) is 6.56. The number of carboxylic acids is 1. The summed E-state index contributed by atoms with van der Waals surface area (Å²) in [6, 6.07) is -0.0466. The van der Waals surface area contributed by atoms with E-state index in [1.807, 2.05) is 0 Å². The van der Waals surface area contributed by atoms with Crippen molar-refractivity contribution in [2.24, 2.45) is 62.4 Å². The van der Waals surface area contributed by atoms with Gasteiger partial charge >= 0.3 is 11.9 Å². The van der Waals surface area contributed by atoms with Crippen molar-refractivity contribution in [3.05, 3.63) is 11.6 Å². The van der Waals surface area contributed by atoms with Gasteiger partial charge in [-0.2, -0.15) is 0 Å². The lowest BCUT2D eigenvalue weighted by atomic mass is 9.34. The van der Waals surface area contributed by atoms with Gasteiger partial charge in [0.1, 0.15) is 12.2 Å². The molecule has 45 heavy (non-hydrogen) atoms. The molecule has 256 valence electrons. The van der Waals surface area contributed by atoms with Gasteiger partial charge in [0.15, 0.2) is 0 Å². The molecule has 0 spiro atoms. The Kier molecular flexibility index (Phi) is 9.47. The number of aliphatic carboxylic acids is 1. The highest BCUT2D eigenvalue weighted by atomic mass is 16.6. The highest BCUT2D eigenvalue weighted by Crippen LogP contribution is 2.75. The Morgan fingerprint density at radius 3 is 2.42 bits per heavy atom. The van der Waals surface area contributed by atoms with E-state index in [2.05, 4.69) is 61.5 Å². The Hall–Kier alpha value is -1.44. The number of carbonyl (C=O) groups is 2. The van der Waals surface area contributed by atoms with Gasteiger partial charge in [-0.1, -0.05) is 79.9 Å². The summed E-state index contributed by atoms with van der Waals surface area (Å²) in [5.74, 6) is 0.00285. The highest BCUT2D eigenvalue weighted by Gasteiger charge is 2.72. The van der Waals surface area contributed by atoms with E-state index in [0.717, 1.165) is 51.4 Å². The largest absolute Gasteiger partial charge is 0.481 e. The van der Waals surface area contributed by atoms with Crippen molar-refractivity contribution in [3.8, 4) is 0 Å². The van der Waals surface area contributed by atoms with Crippen LogP contribution in [-0.2, 0) is 23.8 Å². The third kappa shape index (κ3) is 5.24. The second-order valence-electron chi connectivity index (χ2n) is 17.4. The molecule has 1 aliphatic heterocycles. The van der Waals surface area contributed by atoms with Gasteiger partial charge in [0.2, 0.25) is 0 Å². The van der Waals surface area contributed by atoms with Crippen LogP contribution in [0.4, 0.5) is 0 Å². The number of allylic oxidation sites excluding steroid dienone is 1. The Labute approximate surface area is 272 Å². The third-order valence-electron chi connectivity index (χ3n) is 14.8. The van der Waals surface area contributed by atoms with Crippen molar-refractivity contribution in [1.82, 2.24) is 0 Å². The summed E-state index contributed by atoms with van der Waals surface area (Å²) in [5, 5.41) is 11.0. The number of ether oxygens (including phenoxy) is 3. The average molecular weight is 630 g/mol. The molecule has 4 aliphatic carbocycles. The smallest absolute Gasteiger partial charge is 0.307 e. The zero-order chi connectivity index (χ0) is 33.2. The monoisotopic (exact) mass is 629 g/mol. The van der Waals surface area contributed by atoms with E-state index in [9.17, 15) is 14.7 Å². The van der Waals surface area contributed by atoms with E-state index in [0.29, 0.717) is 44.0 Å². The average Bonchev–Trinajstić information content (AvgIpc) is 2.95. The number of unbranched alkanes of at least 4 members (excludes halogenated alkanes) is 1. The van der Waals surface area contributed by atoms with Crippen LogP contribution >= 0.6 is 0 Å². The second kappa shape index (κ2) is 12.2. The lowest BCUT2D eigenvalue weighted by molar-refractivity contribution is -0.267. The van der Waals surface area contributed by atoms with Crippen molar-refractivity contribution in [2.45, 2.75) is 138 Å². The number of esters is 1. The third-order valence-corrected chi connectivity index (χ3v) is 14.8. The fourth-order valence-electron chi connectivity index (χ4n) is 12.0. The fraction of sp³-hybridized carbons (Fsp3) is 0.895. The summed E-state index contributed by atoms with van der Waals surface area (Å²) in [6.45, 7) is 21.3. The molecule has 0 aromatic heterocycles. The maximum absolute atomic E-state index is 13.3. The molecule has 5 rings (SSSR count). The lowest BCUT2D eigenvalue weighted by Crippen LogP contribution is -2.70. The second-order valence-corrected chi connectivity index (χ2v) is 17.4. The van der Waals surface area contributed by atoms with Crippen molar-refractivity contribution < 1.29 is 28.9 Å². The number of hydrogen-bond donors (Lipinski definition) is 2.